The van der Waals surface area contributed by atoms with Crippen molar-refractivity contribution in [3.63, 3.8) is 0 Å². The molecular weight excluding hydrogens is 178 g/mol. The number of likely N-dealkylation sites (tertiary alicyclic amines) is 1. The maximum Gasteiger partial charge on any atom is 0.321 e. The van der Waals surface area contributed by atoms with Crippen molar-refractivity contribution in [1.29, 1.82) is 0 Å². The van der Waals surface area contributed by atoms with Crippen LogP contribution in [0, 0.1) is 24.2 Å². The van der Waals surface area contributed by atoms with Crippen LogP contribution in [-0.2, 0) is 4.79 Å². The Labute approximate surface area is 84.1 Å². The van der Waals surface area contributed by atoms with Crippen molar-refractivity contribution in [2.75, 3.05) is 13.1 Å². The van der Waals surface area contributed by atoms with Gasteiger partial charge in [-0.1, -0.05) is 12.3 Å². The maximum absolute atomic E-state index is 11.1. The van der Waals surface area contributed by atoms with Crippen LogP contribution in [0.25, 0.3) is 0 Å². The molecule has 3 heteroatoms. The van der Waals surface area contributed by atoms with Crippen molar-refractivity contribution in [3.8, 4) is 12.3 Å². The Morgan fingerprint density at radius 2 is 2.36 bits per heavy atom. The topological polar surface area (TPSA) is 40.5 Å². The third kappa shape index (κ3) is 1.40. The second-order valence-corrected chi connectivity index (χ2v) is 4.27. The predicted octanol–water partition coefficient (Wildman–Crippen LogP) is 0.805. The molecule has 0 aromatic carbocycles. The quantitative estimate of drug-likeness (QED) is 0.660. The fraction of sp³-hybridized carbons (Fsp3) is 0.727. The molecule has 0 aromatic heterocycles. The van der Waals surface area contributed by atoms with Gasteiger partial charge >= 0.3 is 5.97 Å². The lowest BCUT2D eigenvalue weighted by Gasteiger charge is -2.21. The van der Waals surface area contributed by atoms with E-state index in [1.807, 2.05) is 4.90 Å². The molecule has 1 N–H and O–H groups in total. The molecule has 14 heavy (non-hydrogen) atoms. The number of hydrogen-bond donors (Lipinski definition) is 1. The van der Waals surface area contributed by atoms with Gasteiger partial charge in [-0.15, -0.1) is 6.42 Å². The minimum absolute atomic E-state index is 0.321. The highest BCUT2D eigenvalue weighted by Crippen LogP contribution is 2.41. The first kappa shape index (κ1) is 9.54. The Hall–Kier alpha value is -1.01. The fourth-order valence-electron chi connectivity index (χ4n) is 3.01. The van der Waals surface area contributed by atoms with Crippen LogP contribution >= 0.6 is 0 Å². The molecule has 1 aliphatic carbocycles. The molecule has 0 bridgehead atoms. The number of nitrogens with zero attached hydrogens (tertiary/aromatic N) is 1. The van der Waals surface area contributed by atoms with Gasteiger partial charge < -0.3 is 5.11 Å². The van der Waals surface area contributed by atoms with E-state index in [2.05, 4.69) is 5.92 Å². The molecule has 76 valence electrons. The molecule has 1 aliphatic heterocycles. The lowest BCUT2D eigenvalue weighted by Crippen LogP contribution is -2.39. The van der Waals surface area contributed by atoms with Crippen molar-refractivity contribution in [2.45, 2.75) is 25.3 Å². The van der Waals surface area contributed by atoms with Crippen molar-refractivity contribution in [1.82, 2.24) is 4.90 Å². The molecule has 2 rings (SSSR count). The molecule has 3 unspecified atom stereocenters. The van der Waals surface area contributed by atoms with Crippen LogP contribution in [0.1, 0.15) is 19.3 Å². The van der Waals surface area contributed by atoms with Gasteiger partial charge in [-0.05, 0) is 24.7 Å². The van der Waals surface area contributed by atoms with Crippen LogP contribution < -0.4 is 0 Å². The van der Waals surface area contributed by atoms with Gasteiger partial charge in [0, 0.05) is 6.54 Å². The number of carboxylic acids is 1. The largest absolute Gasteiger partial charge is 0.480 e. The Bertz CT molecular complexity index is 282. The summed E-state index contributed by atoms with van der Waals surface area (Å²) >= 11 is 0. The molecule has 0 amide bonds. The molecule has 2 fully saturated rings. The number of carbonyl (C=O) groups is 1. The van der Waals surface area contributed by atoms with Gasteiger partial charge in [-0.25, -0.2) is 0 Å². The Morgan fingerprint density at radius 1 is 1.57 bits per heavy atom. The van der Waals surface area contributed by atoms with Gasteiger partial charge in [0.05, 0.1) is 6.54 Å². The zero-order valence-corrected chi connectivity index (χ0v) is 8.15. The summed E-state index contributed by atoms with van der Waals surface area (Å²) in [6, 6.07) is -0.321. The zero-order valence-electron chi connectivity index (χ0n) is 8.15. The van der Waals surface area contributed by atoms with E-state index in [1.165, 1.54) is 12.8 Å². The molecule has 1 saturated heterocycles. The van der Waals surface area contributed by atoms with E-state index in [1.54, 1.807) is 0 Å². The maximum atomic E-state index is 11.1. The summed E-state index contributed by atoms with van der Waals surface area (Å²) in [5.41, 5.74) is 0. The van der Waals surface area contributed by atoms with Crippen molar-refractivity contribution in [2.24, 2.45) is 11.8 Å². The van der Waals surface area contributed by atoms with E-state index in [0.29, 0.717) is 18.4 Å². The minimum atomic E-state index is -0.699. The molecule has 1 heterocycles. The second kappa shape index (κ2) is 3.62. The number of terminal acetylenes is 1. The summed E-state index contributed by atoms with van der Waals surface area (Å²) in [6.07, 6.45) is 8.65. The zero-order chi connectivity index (χ0) is 10.1. The van der Waals surface area contributed by atoms with Gasteiger partial charge in [0.15, 0.2) is 0 Å². The number of aliphatic carboxylic acids is 1. The van der Waals surface area contributed by atoms with E-state index < -0.39 is 5.97 Å². The highest BCUT2D eigenvalue weighted by molar-refractivity contribution is 5.74. The Balaban J connectivity index is 2.14. The lowest BCUT2D eigenvalue weighted by molar-refractivity contribution is -0.143. The number of hydrogen-bond acceptors (Lipinski definition) is 2. The molecule has 1 saturated carbocycles. The van der Waals surface area contributed by atoms with E-state index in [9.17, 15) is 4.79 Å². The van der Waals surface area contributed by atoms with Gasteiger partial charge in [-0.3, -0.25) is 9.69 Å². The van der Waals surface area contributed by atoms with Gasteiger partial charge in [0.1, 0.15) is 6.04 Å². The SMILES string of the molecule is C#CCN1CC2CCCC2C1C(=O)O. The average molecular weight is 193 g/mol. The summed E-state index contributed by atoms with van der Waals surface area (Å²) in [4.78, 5) is 13.1. The smallest absolute Gasteiger partial charge is 0.321 e. The van der Waals surface area contributed by atoms with E-state index in [0.717, 1.165) is 13.0 Å². The summed E-state index contributed by atoms with van der Waals surface area (Å²) in [7, 11) is 0. The lowest BCUT2D eigenvalue weighted by atomic mass is 9.94. The van der Waals surface area contributed by atoms with Gasteiger partial charge in [0.25, 0.3) is 0 Å². The van der Waals surface area contributed by atoms with Gasteiger partial charge in [0.2, 0.25) is 0 Å². The summed E-state index contributed by atoms with van der Waals surface area (Å²) < 4.78 is 0. The molecule has 3 nitrogen and oxygen atoms in total. The first-order valence-electron chi connectivity index (χ1n) is 5.14. The molecule has 0 radical (unpaired) electrons. The summed E-state index contributed by atoms with van der Waals surface area (Å²) in [5, 5.41) is 9.15. The third-order valence-corrected chi connectivity index (χ3v) is 3.53. The van der Waals surface area contributed by atoms with E-state index in [4.69, 9.17) is 11.5 Å². The monoisotopic (exact) mass is 193 g/mol. The highest BCUT2D eigenvalue weighted by atomic mass is 16.4. The van der Waals surface area contributed by atoms with Crippen LogP contribution in [0.2, 0.25) is 0 Å². The summed E-state index contributed by atoms with van der Waals surface area (Å²) in [5.74, 6) is 2.77. The van der Waals surface area contributed by atoms with Crippen LogP contribution in [0.3, 0.4) is 0 Å². The molecular formula is C11H15NO2. The normalized spacial score (nSPS) is 36.6. The van der Waals surface area contributed by atoms with Crippen LogP contribution in [0.15, 0.2) is 0 Å². The molecule has 0 spiro atoms. The average Bonchev–Trinajstić information content (AvgIpc) is 2.62. The van der Waals surface area contributed by atoms with Crippen LogP contribution in [0.5, 0.6) is 0 Å². The van der Waals surface area contributed by atoms with E-state index >= 15 is 0 Å². The standard InChI is InChI=1S/C11H15NO2/c1-2-6-12-7-8-4-3-5-9(8)10(12)11(13)14/h1,8-10H,3-7H2,(H,13,14). The first-order valence-corrected chi connectivity index (χ1v) is 5.14. The minimum Gasteiger partial charge on any atom is -0.480 e. The van der Waals surface area contributed by atoms with Crippen LogP contribution in [-0.4, -0.2) is 35.1 Å². The van der Waals surface area contributed by atoms with Crippen molar-refractivity contribution < 1.29 is 9.90 Å². The van der Waals surface area contributed by atoms with Crippen molar-refractivity contribution >= 4 is 5.97 Å². The molecule has 3 atom stereocenters. The fourth-order valence-corrected chi connectivity index (χ4v) is 3.01. The first-order chi connectivity index (χ1) is 6.74. The van der Waals surface area contributed by atoms with E-state index in [-0.39, 0.29) is 6.04 Å². The second-order valence-electron chi connectivity index (χ2n) is 4.27. The predicted molar refractivity (Wildman–Crippen MR) is 52.7 cm³/mol. The summed E-state index contributed by atoms with van der Waals surface area (Å²) in [6.45, 7) is 1.36. The number of carboxylic acid groups (broad SMARTS) is 1. The number of fused-ring (bicyclic) bond motifs is 1. The van der Waals surface area contributed by atoms with Crippen molar-refractivity contribution in [3.05, 3.63) is 0 Å². The van der Waals surface area contributed by atoms with Gasteiger partial charge in [-0.2, -0.15) is 0 Å². The van der Waals surface area contributed by atoms with Crippen LogP contribution in [0.4, 0.5) is 0 Å². The number of rotatable bonds is 2. The molecule has 2 aliphatic rings. The Kier molecular flexibility index (Phi) is 2.47. The third-order valence-electron chi connectivity index (χ3n) is 3.53. The molecule has 0 aromatic rings. The highest BCUT2D eigenvalue weighted by Gasteiger charge is 2.47. The Morgan fingerprint density at radius 3 is 3.00 bits per heavy atom.